The summed E-state index contributed by atoms with van der Waals surface area (Å²) in [6.45, 7) is 0. The molecule has 0 saturated carbocycles. The Labute approximate surface area is 41.8 Å². The molecule has 0 aromatic heterocycles. The minimum Gasteiger partial charge on any atom is -0.471 e. The van der Waals surface area contributed by atoms with Crippen molar-refractivity contribution in [1.29, 1.82) is 0 Å². The van der Waals surface area contributed by atoms with Gasteiger partial charge in [0.1, 0.15) is 6.26 Å². The summed E-state index contributed by atoms with van der Waals surface area (Å²) in [4.78, 5) is 3.63. The van der Waals surface area contributed by atoms with Gasteiger partial charge in [-0.2, -0.15) is 0 Å². The van der Waals surface area contributed by atoms with Crippen LogP contribution < -0.4 is 0 Å². The molecule has 1 aliphatic rings. The molecule has 2 heteroatoms. The van der Waals surface area contributed by atoms with Gasteiger partial charge in [0, 0.05) is 6.08 Å². The van der Waals surface area contributed by atoms with Crippen LogP contribution in [0.3, 0.4) is 0 Å². The lowest BCUT2D eigenvalue weighted by Crippen LogP contribution is -1.58. The summed E-state index contributed by atoms with van der Waals surface area (Å²) < 4.78 is 4.68. The molecule has 0 bridgehead atoms. The zero-order valence-corrected chi connectivity index (χ0v) is 3.66. The monoisotopic (exact) mass is 94.0 g/mol. The molecular formula is C5H4NO. The predicted octanol–water partition coefficient (Wildman–Crippen LogP) is 0.949. The van der Waals surface area contributed by atoms with Crippen molar-refractivity contribution in [2.45, 2.75) is 0 Å². The highest BCUT2D eigenvalue weighted by Crippen LogP contribution is 1.84. The Kier molecular flexibility index (Phi) is 1.28. The predicted molar refractivity (Wildman–Crippen MR) is 26.8 cm³/mol. The molecule has 0 aromatic rings. The van der Waals surface area contributed by atoms with Gasteiger partial charge in [-0.1, -0.05) is 0 Å². The van der Waals surface area contributed by atoms with Crippen molar-refractivity contribution in [2.24, 2.45) is 4.99 Å². The summed E-state index contributed by atoms with van der Waals surface area (Å²) in [5, 5.41) is 0. The molecule has 1 heterocycles. The number of hydrogen-bond acceptors (Lipinski definition) is 2. The first-order valence-corrected chi connectivity index (χ1v) is 1.91. The van der Waals surface area contributed by atoms with Crippen molar-refractivity contribution in [3.05, 3.63) is 24.8 Å². The standard InChI is InChI=1S/C5H4NO/c1-2-6-3-5-7-4-1/h1,3-5H. The molecule has 0 atom stereocenters. The quantitative estimate of drug-likeness (QED) is 0.438. The maximum absolute atomic E-state index is 4.68. The third-order valence-electron chi connectivity index (χ3n) is 0.510. The molecule has 0 unspecified atom stereocenters. The molecule has 1 aliphatic heterocycles. The van der Waals surface area contributed by atoms with Gasteiger partial charge in [-0.05, 0) is 0 Å². The molecule has 0 N–H and O–H groups in total. The molecule has 0 fully saturated rings. The van der Waals surface area contributed by atoms with E-state index in [0.29, 0.717) is 0 Å². The molecule has 0 aliphatic carbocycles. The van der Waals surface area contributed by atoms with Crippen molar-refractivity contribution in [2.75, 3.05) is 0 Å². The third kappa shape index (κ3) is 1.22. The van der Waals surface area contributed by atoms with Crippen LogP contribution in [-0.2, 0) is 4.74 Å². The van der Waals surface area contributed by atoms with E-state index in [-0.39, 0.29) is 0 Å². The summed E-state index contributed by atoms with van der Waals surface area (Å²) in [5.74, 6) is 0. The zero-order valence-electron chi connectivity index (χ0n) is 3.66. The molecule has 1 radical (unpaired) electrons. The maximum Gasteiger partial charge on any atom is 0.108 e. The molecule has 2 nitrogen and oxygen atoms in total. The lowest BCUT2D eigenvalue weighted by Gasteiger charge is -1.78. The Morgan fingerprint density at radius 2 is 2.43 bits per heavy atom. The fraction of sp³-hybridized carbons (Fsp3) is 0. The Morgan fingerprint density at radius 3 is 3.43 bits per heavy atom. The van der Waals surface area contributed by atoms with E-state index in [0.717, 1.165) is 0 Å². The summed E-state index contributed by atoms with van der Waals surface area (Å²) in [6, 6.07) is 0. The summed E-state index contributed by atoms with van der Waals surface area (Å²) in [5.41, 5.74) is 0. The highest BCUT2D eigenvalue weighted by molar-refractivity contribution is 5.71. The number of rotatable bonds is 0. The second-order valence-corrected chi connectivity index (χ2v) is 0.982. The van der Waals surface area contributed by atoms with E-state index < -0.39 is 0 Å². The van der Waals surface area contributed by atoms with E-state index in [1.54, 1.807) is 6.08 Å². The highest BCUT2D eigenvalue weighted by atomic mass is 16.5. The molecule has 0 aromatic carbocycles. The second kappa shape index (κ2) is 2.18. The van der Waals surface area contributed by atoms with Gasteiger partial charge < -0.3 is 4.74 Å². The summed E-state index contributed by atoms with van der Waals surface area (Å²) in [6.07, 6.45) is 8.69. The average Bonchev–Trinajstić information content (AvgIpc) is 1.90. The first-order valence-electron chi connectivity index (χ1n) is 1.91. The van der Waals surface area contributed by atoms with Crippen LogP contribution >= 0.6 is 0 Å². The fourth-order valence-electron chi connectivity index (χ4n) is 0.267. The van der Waals surface area contributed by atoms with Crippen LogP contribution in [0.1, 0.15) is 0 Å². The van der Waals surface area contributed by atoms with E-state index in [4.69, 9.17) is 0 Å². The Morgan fingerprint density at radius 1 is 1.43 bits per heavy atom. The van der Waals surface area contributed by atoms with Gasteiger partial charge >= 0.3 is 0 Å². The van der Waals surface area contributed by atoms with Crippen molar-refractivity contribution in [3.63, 3.8) is 0 Å². The van der Waals surface area contributed by atoms with E-state index in [2.05, 4.69) is 15.9 Å². The van der Waals surface area contributed by atoms with Crippen LogP contribution in [-0.4, -0.2) is 6.21 Å². The first kappa shape index (κ1) is 4.12. The largest absolute Gasteiger partial charge is 0.471 e. The Hall–Kier alpha value is -1.05. The second-order valence-electron chi connectivity index (χ2n) is 0.982. The molecular weight excluding hydrogens is 90.1 g/mol. The molecule has 35 valence electrons. The Bertz CT molecular complexity index is 110. The third-order valence-corrected chi connectivity index (χ3v) is 0.510. The smallest absolute Gasteiger partial charge is 0.108 e. The van der Waals surface area contributed by atoms with E-state index in [1.807, 2.05) is 0 Å². The normalized spacial score (nSPS) is 16.0. The summed E-state index contributed by atoms with van der Waals surface area (Å²) in [7, 11) is 0. The van der Waals surface area contributed by atoms with Gasteiger partial charge in [0.15, 0.2) is 0 Å². The minimum atomic E-state index is 1.48. The SMILES string of the molecule is [C]1=NC=COC=C1. The fourth-order valence-corrected chi connectivity index (χ4v) is 0.267. The molecule has 7 heavy (non-hydrogen) atoms. The van der Waals surface area contributed by atoms with Crippen LogP contribution in [0.25, 0.3) is 0 Å². The van der Waals surface area contributed by atoms with Crippen LogP contribution in [0, 0.1) is 0 Å². The van der Waals surface area contributed by atoms with Crippen molar-refractivity contribution < 1.29 is 4.74 Å². The Balaban J connectivity index is 2.60. The van der Waals surface area contributed by atoms with Crippen molar-refractivity contribution in [3.8, 4) is 0 Å². The van der Waals surface area contributed by atoms with E-state index in [1.165, 1.54) is 18.7 Å². The van der Waals surface area contributed by atoms with Crippen molar-refractivity contribution in [1.82, 2.24) is 0 Å². The first-order chi connectivity index (χ1) is 3.50. The highest BCUT2D eigenvalue weighted by Gasteiger charge is 1.71. The summed E-state index contributed by atoms with van der Waals surface area (Å²) >= 11 is 0. The van der Waals surface area contributed by atoms with Gasteiger partial charge in [0.2, 0.25) is 0 Å². The van der Waals surface area contributed by atoms with Crippen LogP contribution in [0.2, 0.25) is 0 Å². The van der Waals surface area contributed by atoms with E-state index in [9.17, 15) is 0 Å². The van der Waals surface area contributed by atoms with Gasteiger partial charge in [-0.25, -0.2) is 0 Å². The molecule has 0 amide bonds. The molecule has 0 saturated heterocycles. The van der Waals surface area contributed by atoms with Gasteiger partial charge in [0.05, 0.1) is 18.7 Å². The number of aliphatic imine (C=N–C) groups is 1. The number of hydrogen-bond donors (Lipinski definition) is 0. The van der Waals surface area contributed by atoms with Gasteiger partial charge in [0.25, 0.3) is 0 Å². The van der Waals surface area contributed by atoms with Crippen LogP contribution in [0.4, 0.5) is 0 Å². The topological polar surface area (TPSA) is 21.6 Å². The van der Waals surface area contributed by atoms with Crippen molar-refractivity contribution >= 4 is 6.21 Å². The maximum atomic E-state index is 4.68. The number of ether oxygens (including phenoxy) is 1. The van der Waals surface area contributed by atoms with Crippen LogP contribution in [0.15, 0.2) is 29.8 Å². The lowest BCUT2D eigenvalue weighted by atomic mass is 10.7. The lowest BCUT2D eigenvalue weighted by molar-refractivity contribution is 0.403. The van der Waals surface area contributed by atoms with Gasteiger partial charge in [-0.3, -0.25) is 4.99 Å². The minimum absolute atomic E-state index is 1.48. The molecule has 0 spiro atoms. The molecule has 1 rings (SSSR count). The number of nitrogens with zero attached hydrogens (tertiary/aromatic N) is 1. The number of allylic oxidation sites excluding steroid dienone is 1. The van der Waals surface area contributed by atoms with Crippen LogP contribution in [0.5, 0.6) is 0 Å². The van der Waals surface area contributed by atoms with Gasteiger partial charge in [-0.15, -0.1) is 0 Å². The average molecular weight is 94.1 g/mol. The zero-order chi connectivity index (χ0) is 4.95. The van der Waals surface area contributed by atoms with E-state index >= 15 is 0 Å².